The third kappa shape index (κ3) is 2.71. The lowest BCUT2D eigenvalue weighted by atomic mass is 9.92. The minimum absolute atomic E-state index is 0.207. The molecular weight excluding hydrogens is 260 g/mol. The van der Waals surface area contributed by atoms with Gasteiger partial charge in [0.1, 0.15) is 5.75 Å². The van der Waals surface area contributed by atoms with Crippen molar-refractivity contribution in [2.45, 2.75) is 32.6 Å². The molecule has 0 spiro atoms. The van der Waals surface area contributed by atoms with Crippen molar-refractivity contribution in [3.8, 4) is 11.6 Å². The van der Waals surface area contributed by atoms with Crippen molar-refractivity contribution >= 4 is 11.6 Å². The molecule has 0 aliphatic heterocycles. The molecule has 1 aliphatic rings. The van der Waals surface area contributed by atoms with Crippen LogP contribution in [0.4, 0.5) is 0 Å². The molecule has 0 saturated carbocycles. The van der Waals surface area contributed by atoms with Gasteiger partial charge in [0.05, 0.1) is 0 Å². The van der Waals surface area contributed by atoms with Crippen molar-refractivity contribution < 1.29 is 4.74 Å². The molecule has 0 N–H and O–H groups in total. The fraction of sp³-hybridized carbons (Fsp3) is 0.333. The van der Waals surface area contributed by atoms with Gasteiger partial charge in [-0.3, -0.25) is 0 Å². The minimum atomic E-state index is 0.207. The zero-order valence-electron chi connectivity index (χ0n) is 10.8. The van der Waals surface area contributed by atoms with E-state index in [2.05, 4.69) is 22.1 Å². The van der Waals surface area contributed by atoms with Crippen molar-refractivity contribution in [3.63, 3.8) is 0 Å². The van der Waals surface area contributed by atoms with Crippen LogP contribution < -0.4 is 4.74 Å². The number of benzene rings is 1. The third-order valence-corrected chi connectivity index (χ3v) is 3.61. The quantitative estimate of drug-likeness (QED) is 0.773. The molecule has 0 unspecified atom stereocenters. The number of fused-ring (bicyclic) bond motifs is 1. The molecule has 4 heteroatoms. The summed E-state index contributed by atoms with van der Waals surface area (Å²) >= 11 is 5.80. The highest BCUT2D eigenvalue weighted by Gasteiger charge is 2.11. The maximum Gasteiger partial charge on any atom is 0.226 e. The number of hydrogen-bond acceptors (Lipinski definition) is 3. The van der Waals surface area contributed by atoms with Gasteiger partial charge >= 0.3 is 0 Å². The predicted octanol–water partition coefficient (Wildman–Crippen LogP) is 4.11. The van der Waals surface area contributed by atoms with E-state index in [1.807, 2.05) is 13.0 Å². The van der Waals surface area contributed by atoms with Crippen LogP contribution in [0.2, 0.25) is 5.28 Å². The van der Waals surface area contributed by atoms with E-state index >= 15 is 0 Å². The number of rotatable bonds is 2. The Labute approximate surface area is 117 Å². The summed E-state index contributed by atoms with van der Waals surface area (Å²) in [5.41, 5.74) is 3.71. The average Bonchev–Trinajstić information content (AvgIpc) is 2.43. The van der Waals surface area contributed by atoms with Crippen LogP contribution in [0.3, 0.4) is 0 Å². The number of aromatic nitrogens is 2. The van der Waals surface area contributed by atoms with E-state index in [1.54, 1.807) is 6.20 Å². The van der Waals surface area contributed by atoms with Gasteiger partial charge in [-0.2, -0.15) is 4.98 Å². The van der Waals surface area contributed by atoms with Gasteiger partial charge in [-0.25, -0.2) is 4.98 Å². The Morgan fingerprint density at radius 3 is 2.79 bits per heavy atom. The maximum absolute atomic E-state index is 5.82. The summed E-state index contributed by atoms with van der Waals surface area (Å²) in [5.74, 6) is 1.34. The Bertz CT molecular complexity index is 613. The molecule has 0 amide bonds. The maximum atomic E-state index is 5.82. The highest BCUT2D eigenvalue weighted by Crippen LogP contribution is 2.29. The van der Waals surface area contributed by atoms with E-state index in [4.69, 9.17) is 16.3 Å². The molecule has 98 valence electrons. The minimum Gasteiger partial charge on any atom is -0.439 e. The van der Waals surface area contributed by atoms with Gasteiger partial charge in [0.15, 0.2) is 0 Å². The van der Waals surface area contributed by atoms with E-state index in [-0.39, 0.29) is 5.28 Å². The lowest BCUT2D eigenvalue weighted by Gasteiger charge is -2.16. The molecule has 0 radical (unpaired) electrons. The van der Waals surface area contributed by atoms with Crippen LogP contribution in [-0.4, -0.2) is 9.97 Å². The molecule has 0 saturated heterocycles. The standard InChI is InChI=1S/C15H15ClN2O/c1-10-9-17-15(16)18-14(10)19-13-7-6-11-4-2-3-5-12(11)8-13/h6-9H,2-5H2,1H3. The Kier molecular flexibility index (Phi) is 3.38. The Balaban J connectivity index is 1.89. The van der Waals surface area contributed by atoms with Crippen molar-refractivity contribution in [1.82, 2.24) is 9.97 Å². The smallest absolute Gasteiger partial charge is 0.226 e. The Hall–Kier alpha value is -1.61. The summed E-state index contributed by atoms with van der Waals surface area (Å²) in [6.45, 7) is 1.91. The van der Waals surface area contributed by atoms with Gasteiger partial charge < -0.3 is 4.74 Å². The monoisotopic (exact) mass is 274 g/mol. The number of aryl methyl sites for hydroxylation is 3. The average molecular weight is 275 g/mol. The number of nitrogens with zero attached hydrogens (tertiary/aromatic N) is 2. The van der Waals surface area contributed by atoms with Crippen LogP contribution >= 0.6 is 11.6 Å². The van der Waals surface area contributed by atoms with E-state index in [0.29, 0.717) is 5.88 Å². The SMILES string of the molecule is Cc1cnc(Cl)nc1Oc1ccc2c(c1)CCCC2. The van der Waals surface area contributed by atoms with Crippen molar-refractivity contribution in [2.24, 2.45) is 0 Å². The van der Waals surface area contributed by atoms with E-state index < -0.39 is 0 Å². The number of hydrogen-bond donors (Lipinski definition) is 0. The van der Waals surface area contributed by atoms with Crippen molar-refractivity contribution in [3.05, 3.63) is 46.4 Å². The molecule has 1 aliphatic carbocycles. The van der Waals surface area contributed by atoms with Gasteiger partial charge in [0.25, 0.3) is 0 Å². The first kappa shape index (κ1) is 12.4. The molecule has 1 aromatic heterocycles. The summed E-state index contributed by atoms with van der Waals surface area (Å²) in [6, 6.07) is 6.27. The first-order valence-electron chi connectivity index (χ1n) is 6.51. The van der Waals surface area contributed by atoms with Gasteiger partial charge in [-0.15, -0.1) is 0 Å². The zero-order chi connectivity index (χ0) is 13.2. The summed E-state index contributed by atoms with van der Waals surface area (Å²) in [5, 5.41) is 0.207. The Morgan fingerprint density at radius 1 is 1.16 bits per heavy atom. The van der Waals surface area contributed by atoms with Crippen LogP contribution in [0.1, 0.15) is 29.5 Å². The molecular formula is C15H15ClN2O. The lowest BCUT2D eigenvalue weighted by molar-refractivity contribution is 0.456. The summed E-state index contributed by atoms with van der Waals surface area (Å²) in [6.07, 6.45) is 6.52. The lowest BCUT2D eigenvalue weighted by Crippen LogP contribution is -2.02. The molecule has 1 heterocycles. The molecule has 2 aromatic rings. The van der Waals surface area contributed by atoms with Gasteiger partial charge in [-0.05, 0) is 67.5 Å². The number of halogens is 1. The van der Waals surface area contributed by atoms with E-state index in [9.17, 15) is 0 Å². The summed E-state index contributed by atoms with van der Waals surface area (Å²) < 4.78 is 5.82. The number of ether oxygens (including phenoxy) is 1. The van der Waals surface area contributed by atoms with Gasteiger partial charge in [-0.1, -0.05) is 6.07 Å². The first-order valence-corrected chi connectivity index (χ1v) is 6.89. The van der Waals surface area contributed by atoms with Gasteiger partial charge in [0.2, 0.25) is 11.2 Å². The predicted molar refractivity (Wildman–Crippen MR) is 74.9 cm³/mol. The van der Waals surface area contributed by atoms with Crippen molar-refractivity contribution in [1.29, 1.82) is 0 Å². The second-order valence-corrected chi connectivity index (χ2v) is 5.20. The summed E-state index contributed by atoms with van der Waals surface area (Å²) in [4.78, 5) is 8.04. The van der Waals surface area contributed by atoms with Crippen LogP contribution in [0.5, 0.6) is 11.6 Å². The normalized spacial score (nSPS) is 14.0. The van der Waals surface area contributed by atoms with Crippen LogP contribution in [0.15, 0.2) is 24.4 Å². The molecule has 0 bridgehead atoms. The molecule has 19 heavy (non-hydrogen) atoms. The van der Waals surface area contributed by atoms with Crippen LogP contribution in [0, 0.1) is 6.92 Å². The Morgan fingerprint density at radius 2 is 1.95 bits per heavy atom. The summed E-state index contributed by atoms with van der Waals surface area (Å²) in [7, 11) is 0. The first-order chi connectivity index (χ1) is 9.22. The van der Waals surface area contributed by atoms with E-state index in [0.717, 1.165) is 17.7 Å². The highest BCUT2D eigenvalue weighted by molar-refractivity contribution is 6.28. The largest absolute Gasteiger partial charge is 0.439 e. The molecule has 0 fully saturated rings. The van der Waals surface area contributed by atoms with Crippen LogP contribution in [-0.2, 0) is 12.8 Å². The molecule has 0 atom stereocenters. The fourth-order valence-corrected chi connectivity index (χ4v) is 2.52. The van der Waals surface area contributed by atoms with Crippen molar-refractivity contribution in [2.75, 3.05) is 0 Å². The molecule has 3 rings (SSSR count). The van der Waals surface area contributed by atoms with Crippen LogP contribution in [0.25, 0.3) is 0 Å². The molecule has 3 nitrogen and oxygen atoms in total. The second-order valence-electron chi connectivity index (χ2n) is 4.87. The topological polar surface area (TPSA) is 35.0 Å². The van der Waals surface area contributed by atoms with E-state index in [1.165, 1.54) is 30.4 Å². The molecule has 1 aromatic carbocycles. The zero-order valence-corrected chi connectivity index (χ0v) is 11.6. The third-order valence-electron chi connectivity index (χ3n) is 3.43. The highest BCUT2D eigenvalue weighted by atomic mass is 35.5. The fourth-order valence-electron chi connectivity index (χ4n) is 2.39. The van der Waals surface area contributed by atoms with Gasteiger partial charge in [0, 0.05) is 11.8 Å². The second kappa shape index (κ2) is 5.17.